The maximum atomic E-state index is 11.9. The first-order chi connectivity index (χ1) is 9.74. The van der Waals surface area contributed by atoms with Crippen LogP contribution < -0.4 is 0 Å². The van der Waals surface area contributed by atoms with Crippen LogP contribution in [-0.2, 0) is 0 Å². The Balaban J connectivity index is 2.18. The molecular weight excluding hydrogens is 246 g/mol. The summed E-state index contributed by atoms with van der Waals surface area (Å²) in [5, 5.41) is 11.9. The first-order valence-corrected chi connectivity index (χ1v) is 8.10. The maximum Gasteiger partial charge on any atom is 0.216 e. The Morgan fingerprint density at radius 1 is 1.00 bits per heavy atom. The summed E-state index contributed by atoms with van der Waals surface area (Å²) in [4.78, 5) is 0. The Hall–Kier alpha value is -1.31. The maximum absolute atomic E-state index is 11.9. The van der Waals surface area contributed by atoms with Gasteiger partial charge in [-0.25, -0.2) is 0 Å². The SMILES string of the molecule is CCCCCCCCCC(C)/C=[N+](\[O-])c1ccccc1. The zero-order valence-electron chi connectivity index (χ0n) is 13.1. The van der Waals surface area contributed by atoms with Gasteiger partial charge >= 0.3 is 0 Å². The molecule has 2 nitrogen and oxygen atoms in total. The first kappa shape index (κ1) is 16.7. The van der Waals surface area contributed by atoms with Crippen molar-refractivity contribution in [1.29, 1.82) is 0 Å². The van der Waals surface area contributed by atoms with E-state index in [0.717, 1.165) is 16.8 Å². The number of unbranched alkanes of at least 4 members (excludes halogenated alkanes) is 6. The lowest BCUT2D eigenvalue weighted by Gasteiger charge is -2.07. The van der Waals surface area contributed by atoms with E-state index in [1.807, 2.05) is 30.3 Å². The third-order valence-electron chi connectivity index (χ3n) is 3.66. The molecule has 2 heteroatoms. The molecule has 1 aromatic carbocycles. The summed E-state index contributed by atoms with van der Waals surface area (Å²) in [5.41, 5.74) is 0.721. The van der Waals surface area contributed by atoms with E-state index in [-0.39, 0.29) is 0 Å². The third-order valence-corrected chi connectivity index (χ3v) is 3.66. The molecule has 0 spiro atoms. The number of rotatable bonds is 10. The molecular formula is C18H29NO. The van der Waals surface area contributed by atoms with Crippen LogP contribution in [0.4, 0.5) is 5.69 Å². The Bertz CT molecular complexity index is 372. The van der Waals surface area contributed by atoms with Crippen LogP contribution in [0, 0.1) is 11.1 Å². The highest BCUT2D eigenvalue weighted by Crippen LogP contribution is 2.13. The van der Waals surface area contributed by atoms with E-state index in [1.165, 1.54) is 44.9 Å². The lowest BCUT2D eigenvalue weighted by atomic mass is 10.0. The van der Waals surface area contributed by atoms with E-state index >= 15 is 0 Å². The van der Waals surface area contributed by atoms with Crippen LogP contribution in [0.5, 0.6) is 0 Å². The molecule has 0 amide bonds. The van der Waals surface area contributed by atoms with E-state index in [2.05, 4.69) is 13.8 Å². The fourth-order valence-corrected chi connectivity index (χ4v) is 2.39. The molecule has 1 rings (SSSR count). The van der Waals surface area contributed by atoms with Crippen molar-refractivity contribution in [1.82, 2.24) is 0 Å². The molecule has 1 atom stereocenters. The van der Waals surface area contributed by atoms with Gasteiger partial charge in [-0.1, -0.05) is 77.0 Å². The quantitative estimate of drug-likeness (QED) is 0.177. The number of hydrogen-bond acceptors (Lipinski definition) is 1. The average molecular weight is 275 g/mol. The summed E-state index contributed by atoms with van der Waals surface area (Å²) in [6.45, 7) is 4.38. The molecule has 0 saturated carbocycles. The second-order valence-electron chi connectivity index (χ2n) is 5.70. The van der Waals surface area contributed by atoms with Crippen LogP contribution in [0.15, 0.2) is 30.3 Å². The molecule has 0 radical (unpaired) electrons. The van der Waals surface area contributed by atoms with Gasteiger partial charge in [-0.05, 0) is 6.42 Å². The highest BCUT2D eigenvalue weighted by molar-refractivity contribution is 5.56. The molecule has 0 aliphatic carbocycles. The van der Waals surface area contributed by atoms with E-state index in [9.17, 15) is 5.21 Å². The van der Waals surface area contributed by atoms with Crippen molar-refractivity contribution < 1.29 is 4.74 Å². The number of para-hydroxylation sites is 1. The minimum absolute atomic E-state index is 0.350. The lowest BCUT2D eigenvalue weighted by Crippen LogP contribution is -2.06. The van der Waals surface area contributed by atoms with Crippen LogP contribution in [0.3, 0.4) is 0 Å². The molecule has 20 heavy (non-hydrogen) atoms. The molecule has 0 aliphatic heterocycles. The van der Waals surface area contributed by atoms with Gasteiger partial charge < -0.3 is 5.21 Å². The second-order valence-corrected chi connectivity index (χ2v) is 5.70. The summed E-state index contributed by atoms with van der Waals surface area (Å²) >= 11 is 0. The molecule has 0 saturated heterocycles. The van der Waals surface area contributed by atoms with Crippen LogP contribution in [0.1, 0.15) is 65.2 Å². The van der Waals surface area contributed by atoms with E-state index in [0.29, 0.717) is 5.92 Å². The highest BCUT2D eigenvalue weighted by Gasteiger charge is 2.05. The van der Waals surface area contributed by atoms with Crippen molar-refractivity contribution in [2.24, 2.45) is 5.92 Å². The predicted octanol–water partition coefficient (Wildman–Crippen LogP) is 5.68. The summed E-state index contributed by atoms with van der Waals surface area (Å²) in [6, 6.07) is 9.43. The second kappa shape index (κ2) is 10.5. The minimum Gasteiger partial charge on any atom is -0.619 e. The van der Waals surface area contributed by atoms with Crippen LogP contribution >= 0.6 is 0 Å². The van der Waals surface area contributed by atoms with E-state index in [1.54, 1.807) is 6.21 Å². The zero-order chi connectivity index (χ0) is 14.6. The van der Waals surface area contributed by atoms with Crippen molar-refractivity contribution in [3.8, 4) is 0 Å². The Morgan fingerprint density at radius 2 is 1.60 bits per heavy atom. The Kier molecular flexibility index (Phi) is 8.77. The molecule has 0 heterocycles. The monoisotopic (exact) mass is 275 g/mol. The van der Waals surface area contributed by atoms with Crippen molar-refractivity contribution in [2.45, 2.75) is 65.2 Å². The van der Waals surface area contributed by atoms with E-state index in [4.69, 9.17) is 0 Å². The van der Waals surface area contributed by atoms with E-state index < -0.39 is 0 Å². The minimum atomic E-state index is 0.350. The van der Waals surface area contributed by atoms with Crippen molar-refractivity contribution in [2.75, 3.05) is 0 Å². The smallest absolute Gasteiger partial charge is 0.216 e. The van der Waals surface area contributed by atoms with Crippen molar-refractivity contribution in [3.05, 3.63) is 35.5 Å². The topological polar surface area (TPSA) is 26.1 Å². The zero-order valence-corrected chi connectivity index (χ0v) is 13.1. The predicted molar refractivity (Wildman–Crippen MR) is 87.6 cm³/mol. The molecule has 0 aliphatic rings. The van der Waals surface area contributed by atoms with Crippen molar-refractivity contribution >= 4 is 11.9 Å². The lowest BCUT2D eigenvalue weighted by molar-refractivity contribution is -0.358. The Morgan fingerprint density at radius 3 is 2.25 bits per heavy atom. The average Bonchev–Trinajstić information content (AvgIpc) is 2.47. The first-order valence-electron chi connectivity index (χ1n) is 8.10. The van der Waals surface area contributed by atoms with Gasteiger partial charge in [-0.2, -0.15) is 4.74 Å². The molecule has 0 bridgehead atoms. The number of benzene rings is 1. The van der Waals surface area contributed by atoms with Crippen LogP contribution in [0.2, 0.25) is 0 Å². The molecule has 0 N–H and O–H groups in total. The fraction of sp³-hybridized carbons (Fsp3) is 0.611. The molecule has 0 aromatic heterocycles. The van der Waals surface area contributed by atoms with Gasteiger partial charge in [-0.3, -0.25) is 0 Å². The molecule has 0 fully saturated rings. The standard InChI is InChI=1S/C18H29NO/c1-3-4-5-6-7-8-10-13-17(2)16-19(20)18-14-11-9-12-15-18/h9,11-12,14-17H,3-8,10,13H2,1-2H3/b19-16-. The van der Waals surface area contributed by atoms with Crippen molar-refractivity contribution in [3.63, 3.8) is 0 Å². The number of nitrogens with zero attached hydrogens (tertiary/aromatic N) is 1. The van der Waals surface area contributed by atoms with Gasteiger partial charge in [0.1, 0.15) is 0 Å². The van der Waals surface area contributed by atoms with Gasteiger partial charge in [0.15, 0.2) is 6.21 Å². The van der Waals surface area contributed by atoms with Crippen LogP contribution in [-0.4, -0.2) is 11.0 Å². The summed E-state index contributed by atoms with van der Waals surface area (Å²) < 4.78 is 1.01. The van der Waals surface area contributed by atoms with Crippen LogP contribution in [0.25, 0.3) is 0 Å². The Labute approximate surface area is 124 Å². The third kappa shape index (κ3) is 7.32. The highest BCUT2D eigenvalue weighted by atomic mass is 16.5. The van der Waals surface area contributed by atoms with Gasteiger partial charge in [-0.15, -0.1) is 0 Å². The molecule has 112 valence electrons. The summed E-state index contributed by atoms with van der Waals surface area (Å²) in [6.07, 6.45) is 12.2. The van der Waals surface area contributed by atoms with Gasteiger partial charge in [0.05, 0.1) is 0 Å². The normalized spacial score (nSPS) is 13.4. The fourth-order valence-electron chi connectivity index (χ4n) is 2.39. The molecule has 1 unspecified atom stereocenters. The van der Waals surface area contributed by atoms with Gasteiger partial charge in [0.2, 0.25) is 5.69 Å². The molecule has 1 aromatic rings. The van der Waals surface area contributed by atoms with Gasteiger partial charge in [0.25, 0.3) is 0 Å². The number of hydrogen-bond donors (Lipinski definition) is 0. The van der Waals surface area contributed by atoms with Gasteiger partial charge in [0, 0.05) is 18.1 Å². The summed E-state index contributed by atoms with van der Waals surface area (Å²) in [5.74, 6) is 0.350. The largest absolute Gasteiger partial charge is 0.619 e. The summed E-state index contributed by atoms with van der Waals surface area (Å²) in [7, 11) is 0.